The van der Waals surface area contributed by atoms with Gasteiger partial charge in [0.2, 0.25) is 11.8 Å². The van der Waals surface area contributed by atoms with Crippen molar-refractivity contribution in [3.63, 3.8) is 0 Å². The quantitative estimate of drug-likeness (QED) is 0.792. The zero-order valence-electron chi connectivity index (χ0n) is 13.3. The van der Waals surface area contributed by atoms with Crippen LogP contribution in [0, 0.1) is 11.8 Å². The van der Waals surface area contributed by atoms with Gasteiger partial charge in [-0.1, -0.05) is 0 Å². The molecular formula is C18H17N3O3. The molecule has 0 saturated carbocycles. The fourth-order valence-electron chi connectivity index (χ4n) is 4.52. The van der Waals surface area contributed by atoms with Crippen molar-refractivity contribution in [2.45, 2.75) is 31.5 Å². The smallest absolute Gasteiger partial charge is 0.240 e. The molecule has 2 amide bonds. The van der Waals surface area contributed by atoms with E-state index < -0.39 is 5.60 Å². The molecule has 1 aromatic heterocycles. The predicted molar refractivity (Wildman–Crippen MR) is 85.5 cm³/mol. The molecule has 3 saturated heterocycles. The number of fused-ring (bicyclic) bond motifs is 5. The molecule has 1 aromatic carbocycles. The minimum absolute atomic E-state index is 0.105. The van der Waals surface area contributed by atoms with Crippen LogP contribution in [0.2, 0.25) is 0 Å². The van der Waals surface area contributed by atoms with Crippen molar-refractivity contribution in [1.29, 1.82) is 0 Å². The first-order valence-electron chi connectivity index (χ1n) is 8.22. The highest BCUT2D eigenvalue weighted by atomic mass is 16.5. The van der Waals surface area contributed by atoms with Gasteiger partial charge in [0.05, 0.1) is 35.6 Å². The van der Waals surface area contributed by atoms with Crippen LogP contribution in [0.4, 0.5) is 5.69 Å². The third-order valence-corrected chi connectivity index (χ3v) is 5.67. The number of amides is 2. The molecule has 122 valence electrons. The second-order valence-electron chi connectivity index (χ2n) is 7.01. The molecule has 5 rings (SSSR count). The summed E-state index contributed by atoms with van der Waals surface area (Å²) in [6.45, 7) is 1.97. The minimum atomic E-state index is -0.479. The van der Waals surface area contributed by atoms with Crippen LogP contribution in [0.15, 0.2) is 43.0 Å². The maximum atomic E-state index is 12.9. The number of hydrogen-bond acceptors (Lipinski definition) is 4. The summed E-state index contributed by atoms with van der Waals surface area (Å²) in [5.41, 5.74) is 1.09. The lowest BCUT2D eigenvalue weighted by Gasteiger charge is -2.26. The summed E-state index contributed by atoms with van der Waals surface area (Å²) in [6.07, 6.45) is 6.88. The molecule has 0 spiro atoms. The molecule has 3 aliphatic rings. The number of imide groups is 1. The maximum absolute atomic E-state index is 12.9. The molecule has 0 N–H and O–H groups in total. The van der Waals surface area contributed by atoms with E-state index in [0.29, 0.717) is 5.69 Å². The molecule has 6 heteroatoms. The third-order valence-electron chi connectivity index (χ3n) is 5.67. The maximum Gasteiger partial charge on any atom is 0.240 e. The Morgan fingerprint density at radius 2 is 1.92 bits per heavy atom. The molecule has 0 radical (unpaired) electrons. The molecule has 2 bridgehead atoms. The molecular weight excluding hydrogens is 306 g/mol. The second-order valence-corrected chi connectivity index (χ2v) is 7.01. The minimum Gasteiger partial charge on any atom is -0.370 e. The highest BCUT2D eigenvalue weighted by molar-refractivity contribution is 6.23. The van der Waals surface area contributed by atoms with Crippen molar-refractivity contribution in [3.8, 4) is 5.69 Å². The molecule has 4 atom stereocenters. The first-order valence-corrected chi connectivity index (χ1v) is 8.22. The van der Waals surface area contributed by atoms with E-state index in [0.717, 1.165) is 18.5 Å². The second kappa shape index (κ2) is 4.54. The van der Waals surface area contributed by atoms with E-state index in [1.165, 1.54) is 4.90 Å². The topological polar surface area (TPSA) is 64.4 Å². The zero-order valence-corrected chi connectivity index (χ0v) is 13.3. The fourth-order valence-corrected chi connectivity index (χ4v) is 4.52. The number of benzene rings is 1. The van der Waals surface area contributed by atoms with E-state index in [1.54, 1.807) is 12.5 Å². The van der Waals surface area contributed by atoms with Gasteiger partial charge in [-0.2, -0.15) is 0 Å². The van der Waals surface area contributed by atoms with Crippen molar-refractivity contribution >= 4 is 17.5 Å². The van der Waals surface area contributed by atoms with E-state index >= 15 is 0 Å². The summed E-state index contributed by atoms with van der Waals surface area (Å²) in [4.78, 5) is 31.1. The van der Waals surface area contributed by atoms with Gasteiger partial charge in [-0.05, 0) is 44.0 Å². The fraction of sp³-hybridized carbons (Fsp3) is 0.389. The van der Waals surface area contributed by atoms with Crippen LogP contribution in [0.25, 0.3) is 5.69 Å². The van der Waals surface area contributed by atoms with Crippen molar-refractivity contribution in [1.82, 2.24) is 9.55 Å². The molecule has 6 nitrogen and oxygen atoms in total. The lowest BCUT2D eigenvalue weighted by Crippen LogP contribution is -2.39. The van der Waals surface area contributed by atoms with Crippen molar-refractivity contribution in [3.05, 3.63) is 43.0 Å². The Morgan fingerprint density at radius 1 is 1.17 bits per heavy atom. The molecule has 4 heterocycles. The van der Waals surface area contributed by atoms with E-state index in [1.807, 2.05) is 42.0 Å². The number of carbonyl (C=O) groups is 2. The van der Waals surface area contributed by atoms with Crippen LogP contribution < -0.4 is 4.90 Å². The Labute approximate surface area is 139 Å². The van der Waals surface area contributed by atoms with Crippen molar-refractivity contribution in [2.24, 2.45) is 11.8 Å². The Morgan fingerprint density at radius 3 is 2.58 bits per heavy atom. The number of anilines is 1. The monoisotopic (exact) mass is 323 g/mol. The van der Waals surface area contributed by atoms with Gasteiger partial charge in [0.25, 0.3) is 0 Å². The molecule has 2 unspecified atom stereocenters. The third kappa shape index (κ3) is 1.66. The van der Waals surface area contributed by atoms with Gasteiger partial charge < -0.3 is 9.30 Å². The SMILES string of the molecule is CC12CCC(O1)[C@H]1C(=O)N(c3ccc(-n4ccnc4)cc3)C(=O)[C@H]12. The number of hydrogen-bond donors (Lipinski definition) is 0. The number of aromatic nitrogens is 2. The molecule has 0 aliphatic carbocycles. The number of rotatable bonds is 2. The van der Waals surface area contributed by atoms with Gasteiger partial charge in [-0.3, -0.25) is 9.59 Å². The van der Waals surface area contributed by atoms with Crippen LogP contribution in [0.5, 0.6) is 0 Å². The highest BCUT2D eigenvalue weighted by Crippen LogP contribution is 2.55. The summed E-state index contributed by atoms with van der Waals surface area (Å²) in [5.74, 6) is -0.888. The van der Waals surface area contributed by atoms with Crippen LogP contribution in [0.1, 0.15) is 19.8 Å². The first kappa shape index (κ1) is 13.9. The zero-order chi connectivity index (χ0) is 16.5. The first-order chi connectivity index (χ1) is 11.6. The summed E-state index contributed by atoms with van der Waals surface area (Å²) >= 11 is 0. The number of imidazole rings is 1. The lowest BCUT2D eigenvalue weighted by atomic mass is 9.74. The predicted octanol–water partition coefficient (Wildman–Crippen LogP) is 1.93. The largest absolute Gasteiger partial charge is 0.370 e. The van der Waals surface area contributed by atoms with Gasteiger partial charge >= 0.3 is 0 Å². The summed E-state index contributed by atoms with van der Waals surface area (Å²) in [7, 11) is 0. The van der Waals surface area contributed by atoms with E-state index in [4.69, 9.17) is 4.74 Å². The van der Waals surface area contributed by atoms with Crippen LogP contribution in [-0.4, -0.2) is 33.1 Å². The van der Waals surface area contributed by atoms with Crippen molar-refractivity contribution < 1.29 is 14.3 Å². The summed E-state index contributed by atoms with van der Waals surface area (Å²) in [6, 6.07) is 7.41. The van der Waals surface area contributed by atoms with Gasteiger partial charge in [0.15, 0.2) is 0 Å². The van der Waals surface area contributed by atoms with Gasteiger partial charge in [-0.15, -0.1) is 0 Å². The Balaban J connectivity index is 1.49. The highest BCUT2D eigenvalue weighted by Gasteiger charge is 2.67. The number of carbonyl (C=O) groups excluding carboxylic acids is 2. The molecule has 3 fully saturated rings. The van der Waals surface area contributed by atoms with Gasteiger partial charge in [0, 0.05) is 18.1 Å². The average molecular weight is 323 g/mol. The van der Waals surface area contributed by atoms with Gasteiger partial charge in [-0.25, -0.2) is 9.88 Å². The Bertz CT molecular complexity index is 830. The summed E-state index contributed by atoms with van der Waals surface area (Å²) in [5, 5.41) is 0. The van der Waals surface area contributed by atoms with Crippen LogP contribution in [-0.2, 0) is 14.3 Å². The summed E-state index contributed by atoms with van der Waals surface area (Å²) < 4.78 is 7.82. The van der Waals surface area contributed by atoms with E-state index in [-0.39, 0.29) is 29.8 Å². The average Bonchev–Trinajstić information content (AvgIpc) is 3.31. The molecule has 24 heavy (non-hydrogen) atoms. The normalized spacial score (nSPS) is 34.2. The van der Waals surface area contributed by atoms with Crippen LogP contribution in [0.3, 0.4) is 0 Å². The Kier molecular flexibility index (Phi) is 2.63. The number of ether oxygens (including phenoxy) is 1. The van der Waals surface area contributed by atoms with Crippen molar-refractivity contribution in [2.75, 3.05) is 4.90 Å². The number of nitrogens with zero attached hydrogens (tertiary/aromatic N) is 3. The van der Waals surface area contributed by atoms with Gasteiger partial charge in [0.1, 0.15) is 0 Å². The molecule has 2 aromatic rings. The Hall–Kier alpha value is -2.47. The van der Waals surface area contributed by atoms with E-state index in [9.17, 15) is 9.59 Å². The molecule has 3 aliphatic heterocycles. The lowest BCUT2D eigenvalue weighted by molar-refractivity contribution is -0.126. The standard InChI is InChI=1S/C18H17N3O3/c1-18-7-6-13(24-18)14-15(18)17(23)21(16(14)22)12-4-2-11(3-5-12)20-9-8-19-10-20/h2-5,8-10,13-15H,6-7H2,1H3/t13?,14-,15+,18?/m1/s1. The van der Waals surface area contributed by atoms with Crippen LogP contribution >= 0.6 is 0 Å². The van der Waals surface area contributed by atoms with E-state index in [2.05, 4.69) is 4.98 Å².